The number of urea groups is 1. The lowest BCUT2D eigenvalue weighted by Gasteiger charge is -2.22. The summed E-state index contributed by atoms with van der Waals surface area (Å²) < 4.78 is 39.1. The lowest BCUT2D eigenvalue weighted by atomic mass is 9.96. The molecule has 2 fully saturated rings. The summed E-state index contributed by atoms with van der Waals surface area (Å²) in [6.07, 6.45) is -3.05. The lowest BCUT2D eigenvalue weighted by molar-refractivity contribution is -0.137. The number of hydrogen-bond acceptors (Lipinski definition) is 2. The monoisotopic (exact) mass is 298 g/mol. The molecule has 4 nitrogen and oxygen atoms in total. The van der Waals surface area contributed by atoms with Crippen LogP contribution >= 0.6 is 0 Å². The van der Waals surface area contributed by atoms with E-state index < -0.39 is 34.9 Å². The average molecular weight is 298 g/mol. The van der Waals surface area contributed by atoms with Gasteiger partial charge in [0.25, 0.3) is 5.91 Å². The van der Waals surface area contributed by atoms with Crippen molar-refractivity contribution in [1.29, 1.82) is 0 Å². The van der Waals surface area contributed by atoms with Gasteiger partial charge in [0.1, 0.15) is 5.54 Å². The number of alkyl halides is 3. The summed E-state index contributed by atoms with van der Waals surface area (Å²) in [6, 6.07) is 3.80. The first-order chi connectivity index (χ1) is 9.75. The van der Waals surface area contributed by atoms with Crippen LogP contribution in [0.4, 0.5) is 23.7 Å². The first-order valence-corrected chi connectivity index (χ1v) is 6.58. The highest BCUT2D eigenvalue weighted by Crippen LogP contribution is 2.45. The number of carbonyl (C=O) groups excluding carboxylic acids is 2. The molecule has 2 aliphatic rings. The number of imide groups is 1. The fourth-order valence-corrected chi connectivity index (χ4v) is 2.72. The molecule has 7 heteroatoms. The van der Waals surface area contributed by atoms with Crippen LogP contribution in [0.5, 0.6) is 0 Å². The third-order valence-electron chi connectivity index (χ3n) is 4.06. The second-order valence-electron chi connectivity index (χ2n) is 5.56. The Labute approximate surface area is 118 Å². The molecule has 0 bridgehead atoms. The van der Waals surface area contributed by atoms with Crippen molar-refractivity contribution < 1.29 is 22.8 Å². The van der Waals surface area contributed by atoms with Gasteiger partial charge in [-0.15, -0.1) is 0 Å². The Hall–Kier alpha value is -2.05. The van der Waals surface area contributed by atoms with Gasteiger partial charge < -0.3 is 5.32 Å². The maximum atomic E-state index is 13.0. The van der Waals surface area contributed by atoms with E-state index in [1.54, 1.807) is 6.92 Å². The molecule has 1 aliphatic carbocycles. The van der Waals surface area contributed by atoms with Crippen LogP contribution in [0.1, 0.15) is 25.3 Å². The van der Waals surface area contributed by atoms with Gasteiger partial charge >= 0.3 is 12.2 Å². The molecule has 1 saturated carbocycles. The van der Waals surface area contributed by atoms with Crippen LogP contribution < -0.4 is 10.2 Å². The van der Waals surface area contributed by atoms with Crippen molar-refractivity contribution in [3.8, 4) is 0 Å². The van der Waals surface area contributed by atoms with E-state index in [0.29, 0.717) is 4.90 Å². The molecule has 1 N–H and O–H groups in total. The van der Waals surface area contributed by atoms with E-state index in [4.69, 9.17) is 0 Å². The fourth-order valence-electron chi connectivity index (χ4n) is 2.72. The zero-order valence-corrected chi connectivity index (χ0v) is 11.2. The number of halogens is 3. The molecule has 1 atom stereocenters. The van der Waals surface area contributed by atoms with Crippen LogP contribution in [0, 0.1) is 5.92 Å². The predicted molar refractivity (Wildman–Crippen MR) is 68.6 cm³/mol. The zero-order valence-electron chi connectivity index (χ0n) is 11.2. The molecule has 3 amide bonds. The zero-order chi connectivity index (χ0) is 15.4. The van der Waals surface area contributed by atoms with Gasteiger partial charge in [-0.2, -0.15) is 13.2 Å². The summed E-state index contributed by atoms with van der Waals surface area (Å²) in [5, 5.41) is 2.54. The highest BCUT2D eigenvalue weighted by atomic mass is 19.4. The van der Waals surface area contributed by atoms with Crippen LogP contribution in [0.15, 0.2) is 24.3 Å². The molecule has 112 valence electrons. The minimum atomic E-state index is -4.63. The molecule has 1 saturated heterocycles. The third-order valence-corrected chi connectivity index (χ3v) is 4.06. The maximum absolute atomic E-state index is 13.0. The van der Waals surface area contributed by atoms with Crippen molar-refractivity contribution in [3.05, 3.63) is 29.8 Å². The van der Waals surface area contributed by atoms with Gasteiger partial charge in [-0.3, -0.25) is 4.79 Å². The van der Waals surface area contributed by atoms with Gasteiger partial charge in [-0.1, -0.05) is 12.1 Å². The smallest absolute Gasteiger partial charge is 0.323 e. The van der Waals surface area contributed by atoms with Gasteiger partial charge in [0.2, 0.25) is 0 Å². The number of nitrogens with zero attached hydrogens (tertiary/aromatic N) is 1. The van der Waals surface area contributed by atoms with E-state index in [0.717, 1.165) is 25.0 Å². The molecule has 1 aromatic rings. The van der Waals surface area contributed by atoms with E-state index in [-0.39, 0.29) is 5.92 Å². The van der Waals surface area contributed by atoms with Crippen LogP contribution in [0.2, 0.25) is 0 Å². The Balaban J connectivity index is 2.05. The second kappa shape index (κ2) is 4.22. The van der Waals surface area contributed by atoms with Crippen LogP contribution in [0.3, 0.4) is 0 Å². The van der Waals surface area contributed by atoms with Gasteiger partial charge in [-0.25, -0.2) is 9.69 Å². The number of hydrogen-bond donors (Lipinski definition) is 1. The molecular formula is C14H13F3N2O2. The summed E-state index contributed by atoms with van der Waals surface area (Å²) >= 11 is 0. The number of amides is 3. The Morgan fingerprint density at radius 2 is 1.86 bits per heavy atom. The minimum Gasteiger partial charge on any atom is -0.323 e. The number of para-hydroxylation sites is 1. The summed E-state index contributed by atoms with van der Waals surface area (Å²) in [7, 11) is 0. The van der Waals surface area contributed by atoms with Crippen LogP contribution in [-0.2, 0) is 11.0 Å². The van der Waals surface area contributed by atoms with Gasteiger partial charge in [0, 0.05) is 0 Å². The Kier molecular flexibility index (Phi) is 2.80. The quantitative estimate of drug-likeness (QED) is 0.853. The highest BCUT2D eigenvalue weighted by molar-refractivity contribution is 6.23. The van der Waals surface area contributed by atoms with Crippen LogP contribution in [0.25, 0.3) is 0 Å². The first kappa shape index (κ1) is 13.9. The summed E-state index contributed by atoms with van der Waals surface area (Å²) in [6.45, 7) is 1.57. The van der Waals surface area contributed by atoms with Crippen molar-refractivity contribution in [3.63, 3.8) is 0 Å². The Morgan fingerprint density at radius 1 is 1.24 bits per heavy atom. The number of nitrogens with one attached hydrogen (secondary N) is 1. The molecule has 1 unspecified atom stereocenters. The summed E-state index contributed by atoms with van der Waals surface area (Å²) in [4.78, 5) is 25.1. The topological polar surface area (TPSA) is 49.4 Å². The van der Waals surface area contributed by atoms with Gasteiger partial charge in [-0.05, 0) is 37.8 Å². The first-order valence-electron chi connectivity index (χ1n) is 6.58. The highest BCUT2D eigenvalue weighted by Gasteiger charge is 2.57. The van der Waals surface area contributed by atoms with E-state index in [2.05, 4.69) is 5.32 Å². The molecule has 1 heterocycles. The molecule has 0 aromatic heterocycles. The van der Waals surface area contributed by atoms with Crippen molar-refractivity contribution in [2.45, 2.75) is 31.5 Å². The fraction of sp³-hybridized carbons (Fsp3) is 0.429. The number of rotatable bonds is 2. The molecule has 1 aliphatic heterocycles. The molecule has 1 aromatic carbocycles. The van der Waals surface area contributed by atoms with Crippen LogP contribution in [-0.4, -0.2) is 17.5 Å². The molecule has 3 rings (SSSR count). The molecule has 21 heavy (non-hydrogen) atoms. The van der Waals surface area contributed by atoms with E-state index in [1.165, 1.54) is 12.1 Å². The Morgan fingerprint density at radius 3 is 2.43 bits per heavy atom. The maximum Gasteiger partial charge on any atom is 0.418 e. The SMILES string of the molecule is CC1(C2CC2)NC(=O)N(c2ccccc2C(F)(F)F)C1=O. The minimum absolute atomic E-state index is 0.00278. The number of carbonyl (C=O) groups is 2. The largest absolute Gasteiger partial charge is 0.418 e. The van der Waals surface area contributed by atoms with Gasteiger partial charge in [0.05, 0.1) is 11.3 Å². The molecule has 0 spiro atoms. The number of anilines is 1. The van der Waals surface area contributed by atoms with Crippen molar-refractivity contribution in [2.24, 2.45) is 5.92 Å². The van der Waals surface area contributed by atoms with E-state index in [9.17, 15) is 22.8 Å². The molecular weight excluding hydrogens is 285 g/mol. The van der Waals surface area contributed by atoms with Crippen molar-refractivity contribution in [1.82, 2.24) is 5.32 Å². The molecule has 0 radical (unpaired) electrons. The second-order valence-corrected chi connectivity index (χ2v) is 5.56. The normalized spacial score (nSPS) is 26.2. The third kappa shape index (κ3) is 2.07. The van der Waals surface area contributed by atoms with Crippen molar-refractivity contribution >= 4 is 17.6 Å². The average Bonchev–Trinajstić information content (AvgIpc) is 3.19. The van der Waals surface area contributed by atoms with Crippen molar-refractivity contribution in [2.75, 3.05) is 4.90 Å². The Bertz CT molecular complexity index is 625. The standard InChI is InChI=1S/C14H13F3N2O2/c1-13(8-6-7-8)11(20)19(12(21)18-13)10-5-3-2-4-9(10)14(15,16)17/h2-5,8H,6-7H2,1H3,(H,18,21). The predicted octanol–water partition coefficient (Wildman–Crippen LogP) is 2.93. The number of benzene rings is 1. The lowest BCUT2D eigenvalue weighted by Crippen LogP contribution is -2.46. The van der Waals surface area contributed by atoms with E-state index in [1.807, 2.05) is 0 Å². The summed E-state index contributed by atoms with van der Waals surface area (Å²) in [5.41, 5.74) is -2.51. The van der Waals surface area contributed by atoms with Gasteiger partial charge in [0.15, 0.2) is 0 Å². The summed E-state index contributed by atoms with van der Waals surface area (Å²) in [5.74, 6) is -0.622. The van der Waals surface area contributed by atoms with E-state index >= 15 is 0 Å².